The van der Waals surface area contributed by atoms with Crippen LogP contribution < -0.4 is 21.7 Å². The quantitative estimate of drug-likeness (QED) is 0.0978. The molecule has 0 unspecified atom stereocenters. The molecule has 0 saturated carbocycles. The van der Waals surface area contributed by atoms with Gasteiger partial charge in [0.1, 0.15) is 0 Å². The molecule has 3 aromatic rings. The summed E-state index contributed by atoms with van der Waals surface area (Å²) in [6.45, 7) is 14.9. The summed E-state index contributed by atoms with van der Waals surface area (Å²) in [6, 6.07) is 24.5. The molecule has 1 heterocycles. The van der Waals surface area contributed by atoms with E-state index in [9.17, 15) is 0 Å². The topological polar surface area (TPSA) is 127 Å². The lowest BCUT2D eigenvalue weighted by Crippen LogP contribution is -2.31. The molecular formula is C36H52N6O2S3. The third-order valence-corrected chi connectivity index (χ3v) is 7.72. The molecule has 0 amide bonds. The highest BCUT2D eigenvalue weighted by atomic mass is 32.2. The minimum Gasteiger partial charge on any atom is -0.395 e. The Morgan fingerprint density at radius 2 is 1.36 bits per heavy atom. The normalized spacial score (nSPS) is 11.5. The van der Waals surface area contributed by atoms with Gasteiger partial charge in [0.15, 0.2) is 10.3 Å². The molecule has 0 bridgehead atoms. The molecule has 3 aromatic carbocycles. The SMILES string of the molecule is CC(C)c1ccccc1N=C=S.CC(C)c1ccccc1NC(=S)NCCO.CC(C)c1ccccc1NC1=NCCS1.NCCO. The number of nitrogens with zero attached hydrogens (tertiary/aromatic N) is 2. The maximum atomic E-state index is 8.67. The summed E-state index contributed by atoms with van der Waals surface area (Å²) in [5.41, 5.74) is 11.7. The van der Waals surface area contributed by atoms with Crippen molar-refractivity contribution >= 4 is 68.7 Å². The van der Waals surface area contributed by atoms with Gasteiger partial charge in [-0.2, -0.15) is 4.99 Å². The van der Waals surface area contributed by atoms with Crippen LogP contribution in [0.15, 0.2) is 82.8 Å². The first-order valence-electron chi connectivity index (χ1n) is 15.8. The number of aliphatic hydroxyl groups is 2. The van der Waals surface area contributed by atoms with Gasteiger partial charge in [-0.15, -0.1) is 0 Å². The number of aliphatic imine (C=N–C) groups is 2. The number of benzene rings is 3. The van der Waals surface area contributed by atoms with Crippen LogP contribution in [0.2, 0.25) is 0 Å². The van der Waals surface area contributed by atoms with Crippen LogP contribution in [-0.4, -0.2) is 64.3 Å². The first-order valence-corrected chi connectivity index (χ1v) is 17.6. The molecule has 47 heavy (non-hydrogen) atoms. The second-order valence-electron chi connectivity index (χ2n) is 11.2. The van der Waals surface area contributed by atoms with Gasteiger partial charge >= 0.3 is 0 Å². The third kappa shape index (κ3) is 17.0. The Bertz CT molecular complexity index is 1410. The fourth-order valence-corrected chi connectivity index (χ4v) is 5.27. The van der Waals surface area contributed by atoms with Crippen LogP contribution in [0.25, 0.3) is 0 Å². The smallest absolute Gasteiger partial charge is 0.170 e. The number of nitrogens with two attached hydrogens (primary N) is 1. The zero-order valence-corrected chi connectivity index (χ0v) is 30.9. The van der Waals surface area contributed by atoms with Crippen LogP contribution in [-0.2, 0) is 0 Å². The summed E-state index contributed by atoms with van der Waals surface area (Å²) >= 11 is 11.5. The van der Waals surface area contributed by atoms with Crippen molar-refractivity contribution in [1.29, 1.82) is 0 Å². The molecule has 0 spiro atoms. The zero-order valence-electron chi connectivity index (χ0n) is 28.5. The molecule has 1 aliphatic rings. The zero-order chi connectivity index (χ0) is 35.0. The first kappa shape index (κ1) is 41.9. The van der Waals surface area contributed by atoms with Crippen LogP contribution in [0.5, 0.6) is 0 Å². The maximum absolute atomic E-state index is 8.67. The average Bonchev–Trinajstić information content (AvgIpc) is 3.58. The van der Waals surface area contributed by atoms with Gasteiger partial charge in [-0.05, 0) is 77.1 Å². The van der Waals surface area contributed by atoms with E-state index >= 15 is 0 Å². The van der Waals surface area contributed by atoms with Gasteiger partial charge in [-0.3, -0.25) is 4.99 Å². The van der Waals surface area contributed by atoms with Crippen molar-refractivity contribution < 1.29 is 10.2 Å². The van der Waals surface area contributed by atoms with Gasteiger partial charge in [0.2, 0.25) is 0 Å². The second kappa shape index (κ2) is 24.9. The van der Waals surface area contributed by atoms with E-state index < -0.39 is 0 Å². The van der Waals surface area contributed by atoms with Crippen molar-refractivity contribution in [3.8, 4) is 0 Å². The average molecular weight is 697 g/mol. The third-order valence-electron chi connectivity index (χ3n) is 6.49. The Labute approximate surface area is 296 Å². The molecule has 0 saturated heterocycles. The Kier molecular flexibility index (Phi) is 22.2. The standard InChI is InChI=1S/C12H18N2OS.C12H16N2S.C10H11NS.C2H7NO/c1-9(2)10-5-3-4-6-11(10)14-12(16)13-7-8-15;1-9(2)10-5-3-4-6-11(10)14-12-13-7-8-15-12;1-8(2)9-5-3-4-6-10(9)11-7-12;3-1-2-4/h3-6,9,15H,7-8H2,1-2H3,(H2,13,14,16);3-6,9H,7-8H2,1-2H3,(H,13,14);3-6,8H,1-2H3;4H,1-3H2. The van der Waals surface area contributed by atoms with E-state index in [-0.39, 0.29) is 13.2 Å². The van der Waals surface area contributed by atoms with Crippen molar-refractivity contribution in [1.82, 2.24) is 5.32 Å². The highest BCUT2D eigenvalue weighted by Gasteiger charge is 2.11. The number of nitrogens with one attached hydrogen (secondary N) is 3. The molecule has 256 valence electrons. The van der Waals surface area contributed by atoms with Crippen LogP contribution in [0.1, 0.15) is 76.0 Å². The molecule has 7 N–H and O–H groups in total. The molecule has 1 aliphatic heterocycles. The van der Waals surface area contributed by atoms with E-state index in [2.05, 4.69) is 121 Å². The van der Waals surface area contributed by atoms with E-state index in [1.807, 2.05) is 36.4 Å². The predicted molar refractivity (Wildman–Crippen MR) is 212 cm³/mol. The van der Waals surface area contributed by atoms with Crippen LogP contribution in [0.3, 0.4) is 0 Å². The van der Waals surface area contributed by atoms with E-state index in [0.717, 1.165) is 28.8 Å². The molecular weight excluding hydrogens is 645 g/mol. The van der Waals surface area contributed by atoms with Crippen LogP contribution in [0, 0.1) is 0 Å². The van der Waals surface area contributed by atoms with Crippen molar-refractivity contribution in [3.63, 3.8) is 0 Å². The highest BCUT2D eigenvalue weighted by molar-refractivity contribution is 8.14. The summed E-state index contributed by atoms with van der Waals surface area (Å²) in [4.78, 5) is 8.39. The van der Waals surface area contributed by atoms with Gasteiger partial charge < -0.3 is 31.9 Å². The van der Waals surface area contributed by atoms with Crippen molar-refractivity contribution in [2.45, 2.75) is 59.3 Å². The number of anilines is 2. The summed E-state index contributed by atoms with van der Waals surface area (Å²) in [7, 11) is 0. The van der Waals surface area contributed by atoms with E-state index in [4.69, 9.17) is 28.2 Å². The number of thioether (sulfide) groups is 1. The number of isothiocyanates is 1. The molecule has 0 fully saturated rings. The maximum Gasteiger partial charge on any atom is 0.170 e. The summed E-state index contributed by atoms with van der Waals surface area (Å²) in [6.07, 6.45) is 0. The fraction of sp³-hybridized carbons (Fsp3) is 0.417. The Morgan fingerprint density at radius 3 is 1.85 bits per heavy atom. The van der Waals surface area contributed by atoms with Gasteiger partial charge in [0.05, 0.1) is 30.6 Å². The van der Waals surface area contributed by atoms with Crippen LogP contribution in [0.4, 0.5) is 17.1 Å². The predicted octanol–water partition coefficient (Wildman–Crippen LogP) is 7.90. The molecule has 4 rings (SSSR count). The Hall–Kier alpha value is -3.15. The number of para-hydroxylation sites is 3. The van der Waals surface area contributed by atoms with Crippen molar-refractivity contribution in [2.24, 2.45) is 15.7 Å². The van der Waals surface area contributed by atoms with E-state index in [0.29, 0.717) is 36.0 Å². The minimum atomic E-state index is 0.0770. The lowest BCUT2D eigenvalue weighted by molar-refractivity contribution is 0.300. The summed E-state index contributed by atoms with van der Waals surface area (Å²) in [5.74, 6) is 2.57. The highest BCUT2D eigenvalue weighted by Crippen LogP contribution is 2.27. The van der Waals surface area contributed by atoms with E-state index in [1.54, 1.807) is 11.8 Å². The lowest BCUT2D eigenvalue weighted by Gasteiger charge is -2.15. The summed E-state index contributed by atoms with van der Waals surface area (Å²) < 4.78 is 0. The number of aliphatic hydroxyl groups excluding tert-OH is 2. The number of rotatable bonds is 9. The largest absolute Gasteiger partial charge is 0.395 e. The number of hydrogen-bond donors (Lipinski definition) is 6. The van der Waals surface area contributed by atoms with Gasteiger partial charge in [0.25, 0.3) is 0 Å². The fourth-order valence-electron chi connectivity index (χ4n) is 4.22. The van der Waals surface area contributed by atoms with Gasteiger partial charge in [-0.1, -0.05) is 108 Å². The minimum absolute atomic E-state index is 0.0770. The lowest BCUT2D eigenvalue weighted by atomic mass is 10.0. The summed E-state index contributed by atoms with van der Waals surface area (Å²) in [5, 5.41) is 29.9. The molecule has 0 radical (unpaired) electrons. The van der Waals surface area contributed by atoms with Crippen LogP contribution >= 0.6 is 36.2 Å². The Balaban J connectivity index is 0.000000336. The molecule has 0 aliphatic carbocycles. The number of hydrogen-bond acceptors (Lipinski definition) is 9. The van der Waals surface area contributed by atoms with Gasteiger partial charge in [0, 0.05) is 30.2 Å². The number of amidine groups is 1. The number of thiocarbonyl (C=S) groups is 2. The molecule has 0 aromatic heterocycles. The second-order valence-corrected chi connectivity index (χ2v) is 12.9. The Morgan fingerprint density at radius 1 is 0.851 bits per heavy atom. The molecule has 0 atom stereocenters. The molecule has 11 heteroatoms. The van der Waals surface area contributed by atoms with Gasteiger partial charge in [-0.25, -0.2) is 0 Å². The van der Waals surface area contributed by atoms with Crippen molar-refractivity contribution in [3.05, 3.63) is 89.5 Å². The molecule has 8 nitrogen and oxygen atoms in total. The van der Waals surface area contributed by atoms with Crippen molar-refractivity contribution in [2.75, 3.05) is 49.2 Å². The first-order chi connectivity index (χ1) is 22.6. The van der Waals surface area contributed by atoms with E-state index in [1.165, 1.54) is 22.4 Å². The monoisotopic (exact) mass is 696 g/mol.